The predicted octanol–water partition coefficient (Wildman–Crippen LogP) is 1.79. The molecular formula is C12H14FNO3. The molecule has 1 aromatic carbocycles. The summed E-state index contributed by atoms with van der Waals surface area (Å²) in [6, 6.07) is 3.65. The highest BCUT2D eigenvalue weighted by molar-refractivity contribution is 5.75. The number of amides is 1. The first-order valence-corrected chi connectivity index (χ1v) is 5.15. The second kappa shape index (κ2) is 5.43. The average molecular weight is 239 g/mol. The van der Waals surface area contributed by atoms with Crippen molar-refractivity contribution in [2.24, 2.45) is 0 Å². The third-order valence-electron chi connectivity index (χ3n) is 2.34. The molecule has 0 radical (unpaired) electrons. The molecule has 1 amide bonds. The minimum atomic E-state index is -1.02. The van der Waals surface area contributed by atoms with Crippen LogP contribution in [0.1, 0.15) is 30.5 Å². The second-order valence-corrected chi connectivity index (χ2v) is 3.86. The summed E-state index contributed by atoms with van der Waals surface area (Å²) in [5.41, 5.74) is 1.00. The number of aliphatic carboxylic acids is 1. The Bertz CT molecular complexity index is 429. The van der Waals surface area contributed by atoms with Crippen molar-refractivity contribution in [2.75, 3.05) is 0 Å². The van der Waals surface area contributed by atoms with E-state index in [1.165, 1.54) is 19.1 Å². The van der Waals surface area contributed by atoms with Crippen LogP contribution in [-0.4, -0.2) is 17.0 Å². The van der Waals surface area contributed by atoms with Gasteiger partial charge in [-0.15, -0.1) is 0 Å². The number of aryl methyl sites for hydroxylation is 1. The van der Waals surface area contributed by atoms with Crippen LogP contribution < -0.4 is 5.32 Å². The van der Waals surface area contributed by atoms with Crippen molar-refractivity contribution in [1.29, 1.82) is 0 Å². The number of carbonyl (C=O) groups is 2. The summed E-state index contributed by atoms with van der Waals surface area (Å²) in [5, 5.41) is 11.3. The molecule has 0 fully saturated rings. The van der Waals surface area contributed by atoms with Gasteiger partial charge in [-0.2, -0.15) is 0 Å². The van der Waals surface area contributed by atoms with E-state index in [0.29, 0.717) is 11.1 Å². The maximum Gasteiger partial charge on any atom is 0.305 e. The van der Waals surface area contributed by atoms with E-state index in [4.69, 9.17) is 5.11 Å². The maximum atomic E-state index is 13.1. The lowest BCUT2D eigenvalue weighted by atomic mass is 10.0. The first kappa shape index (κ1) is 13.2. The summed E-state index contributed by atoms with van der Waals surface area (Å²) < 4.78 is 13.1. The van der Waals surface area contributed by atoms with Crippen molar-refractivity contribution in [3.05, 3.63) is 35.1 Å². The SMILES string of the molecule is CC(=O)NC(CC(=O)O)c1ccc(F)c(C)c1. The van der Waals surface area contributed by atoms with Gasteiger partial charge in [0.2, 0.25) is 5.91 Å². The zero-order valence-electron chi connectivity index (χ0n) is 9.66. The summed E-state index contributed by atoms with van der Waals surface area (Å²) in [6.45, 7) is 2.90. The van der Waals surface area contributed by atoms with Crippen LogP contribution in [0, 0.1) is 12.7 Å². The van der Waals surface area contributed by atoms with E-state index in [-0.39, 0.29) is 18.1 Å². The van der Waals surface area contributed by atoms with Crippen molar-refractivity contribution < 1.29 is 19.1 Å². The summed E-state index contributed by atoms with van der Waals surface area (Å²) in [4.78, 5) is 21.7. The van der Waals surface area contributed by atoms with Crippen LogP contribution in [0.5, 0.6) is 0 Å². The van der Waals surface area contributed by atoms with E-state index < -0.39 is 12.0 Å². The van der Waals surface area contributed by atoms with Crippen molar-refractivity contribution in [2.45, 2.75) is 26.3 Å². The molecule has 1 rings (SSSR count). The molecule has 0 aliphatic heterocycles. The number of halogens is 1. The Labute approximate surface area is 98.5 Å². The van der Waals surface area contributed by atoms with Crippen LogP contribution in [0.25, 0.3) is 0 Å². The number of nitrogens with one attached hydrogen (secondary N) is 1. The van der Waals surface area contributed by atoms with E-state index in [1.54, 1.807) is 13.0 Å². The summed E-state index contributed by atoms with van der Waals surface area (Å²) in [5.74, 6) is -1.70. The third kappa shape index (κ3) is 3.86. The zero-order chi connectivity index (χ0) is 13.0. The molecule has 0 aromatic heterocycles. The lowest BCUT2D eigenvalue weighted by Crippen LogP contribution is -2.28. The third-order valence-corrected chi connectivity index (χ3v) is 2.34. The van der Waals surface area contributed by atoms with Crippen molar-refractivity contribution in [3.63, 3.8) is 0 Å². The van der Waals surface area contributed by atoms with E-state index in [0.717, 1.165) is 0 Å². The molecule has 0 aliphatic rings. The fraction of sp³-hybridized carbons (Fsp3) is 0.333. The van der Waals surface area contributed by atoms with Gasteiger partial charge in [0.1, 0.15) is 5.82 Å². The normalized spacial score (nSPS) is 11.9. The summed E-state index contributed by atoms with van der Waals surface area (Å²) in [7, 11) is 0. The van der Waals surface area contributed by atoms with E-state index >= 15 is 0 Å². The van der Waals surface area contributed by atoms with Crippen molar-refractivity contribution >= 4 is 11.9 Å². The molecule has 2 N–H and O–H groups in total. The standard InChI is InChI=1S/C12H14FNO3/c1-7-5-9(3-4-10(7)13)11(6-12(16)17)14-8(2)15/h3-5,11H,6H2,1-2H3,(H,14,15)(H,16,17). The van der Waals surface area contributed by atoms with Crippen molar-refractivity contribution in [1.82, 2.24) is 5.32 Å². The van der Waals surface area contributed by atoms with Gasteiger partial charge >= 0.3 is 5.97 Å². The number of benzene rings is 1. The quantitative estimate of drug-likeness (QED) is 0.841. The lowest BCUT2D eigenvalue weighted by Gasteiger charge is -2.16. The fourth-order valence-electron chi connectivity index (χ4n) is 1.56. The largest absolute Gasteiger partial charge is 0.481 e. The van der Waals surface area contributed by atoms with Gasteiger partial charge in [0.25, 0.3) is 0 Å². The van der Waals surface area contributed by atoms with Crippen LogP contribution in [-0.2, 0) is 9.59 Å². The highest BCUT2D eigenvalue weighted by atomic mass is 19.1. The second-order valence-electron chi connectivity index (χ2n) is 3.86. The molecular weight excluding hydrogens is 225 g/mol. The van der Waals surface area contributed by atoms with Gasteiger partial charge in [-0.25, -0.2) is 4.39 Å². The Morgan fingerprint density at radius 3 is 2.59 bits per heavy atom. The Kier molecular flexibility index (Phi) is 4.20. The molecule has 17 heavy (non-hydrogen) atoms. The first-order chi connectivity index (χ1) is 7.90. The molecule has 0 spiro atoms. The molecule has 0 bridgehead atoms. The van der Waals surface area contributed by atoms with E-state index in [2.05, 4.69) is 5.32 Å². The number of carboxylic acids is 1. The van der Waals surface area contributed by atoms with Gasteiger partial charge in [0, 0.05) is 6.92 Å². The fourth-order valence-corrected chi connectivity index (χ4v) is 1.56. The highest BCUT2D eigenvalue weighted by Crippen LogP contribution is 2.19. The smallest absolute Gasteiger partial charge is 0.305 e. The molecule has 5 heteroatoms. The summed E-state index contributed by atoms with van der Waals surface area (Å²) in [6.07, 6.45) is -0.231. The van der Waals surface area contributed by atoms with Crippen LogP contribution in [0.4, 0.5) is 4.39 Å². The van der Waals surface area contributed by atoms with Crippen molar-refractivity contribution in [3.8, 4) is 0 Å². The van der Waals surface area contributed by atoms with Crippen LogP contribution >= 0.6 is 0 Å². The first-order valence-electron chi connectivity index (χ1n) is 5.15. The number of hydrogen-bond donors (Lipinski definition) is 2. The molecule has 4 nitrogen and oxygen atoms in total. The van der Waals surface area contributed by atoms with Gasteiger partial charge in [-0.05, 0) is 24.1 Å². The van der Waals surface area contributed by atoms with Gasteiger partial charge in [-0.1, -0.05) is 12.1 Å². The average Bonchev–Trinajstić information content (AvgIpc) is 2.19. The molecule has 0 heterocycles. The Balaban J connectivity index is 2.98. The number of hydrogen-bond acceptors (Lipinski definition) is 2. The molecule has 1 atom stereocenters. The molecule has 92 valence electrons. The van der Waals surface area contributed by atoms with E-state index in [1.807, 2.05) is 0 Å². The van der Waals surface area contributed by atoms with Gasteiger partial charge in [0.15, 0.2) is 0 Å². The molecule has 0 aliphatic carbocycles. The number of carboxylic acid groups (broad SMARTS) is 1. The van der Waals surface area contributed by atoms with Crippen LogP contribution in [0.3, 0.4) is 0 Å². The summed E-state index contributed by atoms with van der Waals surface area (Å²) >= 11 is 0. The topological polar surface area (TPSA) is 66.4 Å². The lowest BCUT2D eigenvalue weighted by molar-refractivity contribution is -0.137. The molecule has 1 unspecified atom stereocenters. The Morgan fingerprint density at radius 1 is 1.47 bits per heavy atom. The molecule has 0 saturated carbocycles. The molecule has 0 saturated heterocycles. The highest BCUT2D eigenvalue weighted by Gasteiger charge is 2.17. The van der Waals surface area contributed by atoms with Gasteiger partial charge < -0.3 is 10.4 Å². The Hall–Kier alpha value is -1.91. The van der Waals surface area contributed by atoms with Gasteiger partial charge in [0.05, 0.1) is 12.5 Å². The Morgan fingerprint density at radius 2 is 2.12 bits per heavy atom. The number of rotatable bonds is 4. The molecule has 1 aromatic rings. The van der Waals surface area contributed by atoms with Crippen LogP contribution in [0.2, 0.25) is 0 Å². The predicted molar refractivity (Wildman–Crippen MR) is 59.9 cm³/mol. The zero-order valence-corrected chi connectivity index (χ0v) is 9.66. The maximum absolute atomic E-state index is 13.1. The van der Waals surface area contributed by atoms with Gasteiger partial charge in [-0.3, -0.25) is 9.59 Å². The minimum absolute atomic E-state index is 0.231. The van der Waals surface area contributed by atoms with Crippen LogP contribution in [0.15, 0.2) is 18.2 Å². The minimum Gasteiger partial charge on any atom is -0.481 e. The van der Waals surface area contributed by atoms with E-state index in [9.17, 15) is 14.0 Å². The monoisotopic (exact) mass is 239 g/mol. The number of carbonyl (C=O) groups excluding carboxylic acids is 1.